The van der Waals surface area contributed by atoms with E-state index in [0.29, 0.717) is 5.56 Å². The highest BCUT2D eigenvalue weighted by Crippen LogP contribution is 2.13. The molecule has 0 saturated carbocycles. The van der Waals surface area contributed by atoms with Crippen molar-refractivity contribution in [2.45, 2.75) is 26.0 Å². The normalized spacial score (nSPS) is 14.7. The van der Waals surface area contributed by atoms with Crippen LogP contribution in [0.3, 0.4) is 0 Å². The van der Waals surface area contributed by atoms with E-state index in [1.165, 1.54) is 0 Å². The van der Waals surface area contributed by atoms with Crippen LogP contribution < -0.4 is 0 Å². The molecule has 2 nitrogen and oxygen atoms in total. The van der Waals surface area contributed by atoms with Gasteiger partial charge >= 0.3 is 0 Å². The number of aryl methyl sites for hydroxylation is 2. The summed E-state index contributed by atoms with van der Waals surface area (Å²) < 4.78 is 11.2. The first kappa shape index (κ1) is 12.1. The number of hydrogen-bond donors (Lipinski definition) is 0. The van der Waals surface area contributed by atoms with Crippen LogP contribution in [0.2, 0.25) is 0 Å². The number of carbonyl (C=O) groups is 1. The maximum atomic E-state index is 11.9. The Hall–Kier alpha value is -0.960. The van der Waals surface area contributed by atoms with Gasteiger partial charge in [-0.2, -0.15) is 0 Å². The molecule has 2 atom stereocenters. The van der Waals surface area contributed by atoms with Crippen molar-refractivity contribution in [3.05, 3.63) is 34.9 Å². The molecule has 82 valence electrons. The van der Waals surface area contributed by atoms with Gasteiger partial charge in [0.15, 0.2) is 5.78 Å². The van der Waals surface area contributed by atoms with E-state index in [9.17, 15) is 9.00 Å². The van der Waals surface area contributed by atoms with Crippen molar-refractivity contribution < 1.29 is 9.00 Å². The summed E-state index contributed by atoms with van der Waals surface area (Å²) in [5, 5.41) is -0.424. The van der Waals surface area contributed by atoms with Crippen LogP contribution in [0.15, 0.2) is 18.2 Å². The van der Waals surface area contributed by atoms with Crippen molar-refractivity contribution in [3.8, 4) is 0 Å². The van der Waals surface area contributed by atoms with Crippen molar-refractivity contribution in [2.75, 3.05) is 6.26 Å². The molecule has 2 unspecified atom stereocenters. The van der Waals surface area contributed by atoms with Gasteiger partial charge in [-0.05, 0) is 38.0 Å². The first-order valence-electron chi connectivity index (χ1n) is 4.87. The fraction of sp³-hybridized carbons (Fsp3) is 0.417. The van der Waals surface area contributed by atoms with Crippen LogP contribution in [0.1, 0.15) is 28.4 Å². The fourth-order valence-electron chi connectivity index (χ4n) is 1.28. The number of hydrogen-bond acceptors (Lipinski definition) is 2. The molecular weight excluding hydrogens is 208 g/mol. The van der Waals surface area contributed by atoms with Crippen molar-refractivity contribution in [1.82, 2.24) is 0 Å². The molecule has 3 heteroatoms. The third-order valence-corrected chi connectivity index (χ3v) is 3.87. The van der Waals surface area contributed by atoms with E-state index in [-0.39, 0.29) is 5.78 Å². The first-order valence-corrected chi connectivity index (χ1v) is 6.49. The third-order valence-electron chi connectivity index (χ3n) is 2.66. The lowest BCUT2D eigenvalue weighted by Gasteiger charge is -2.08. The molecule has 0 aromatic heterocycles. The number of carbonyl (C=O) groups excluding carboxylic acids is 1. The Bertz CT molecular complexity index is 410. The molecule has 0 saturated heterocycles. The summed E-state index contributed by atoms with van der Waals surface area (Å²) in [4.78, 5) is 11.9. The quantitative estimate of drug-likeness (QED) is 0.738. The smallest absolute Gasteiger partial charge is 0.178 e. The van der Waals surface area contributed by atoms with Gasteiger partial charge in [-0.15, -0.1) is 0 Å². The lowest BCUT2D eigenvalue weighted by molar-refractivity contribution is 0.0993. The largest absolute Gasteiger partial charge is 0.293 e. The van der Waals surface area contributed by atoms with Crippen LogP contribution in [0.25, 0.3) is 0 Å². The summed E-state index contributed by atoms with van der Waals surface area (Å²) in [5.74, 6) is -0.0427. The zero-order valence-electron chi connectivity index (χ0n) is 9.53. The second-order valence-electron chi connectivity index (χ2n) is 3.80. The number of ketones is 1. The van der Waals surface area contributed by atoms with Crippen molar-refractivity contribution in [1.29, 1.82) is 0 Å². The van der Waals surface area contributed by atoms with Crippen molar-refractivity contribution in [2.24, 2.45) is 0 Å². The predicted molar refractivity (Wildman–Crippen MR) is 63.8 cm³/mol. The molecule has 15 heavy (non-hydrogen) atoms. The molecule has 1 rings (SSSR count). The van der Waals surface area contributed by atoms with E-state index in [1.54, 1.807) is 19.2 Å². The molecule has 0 amide bonds. The van der Waals surface area contributed by atoms with E-state index in [1.807, 2.05) is 26.0 Å². The molecule has 0 radical (unpaired) electrons. The fourth-order valence-corrected chi connectivity index (χ4v) is 1.72. The average molecular weight is 224 g/mol. The van der Waals surface area contributed by atoms with Gasteiger partial charge in [0.05, 0.1) is 5.25 Å². The van der Waals surface area contributed by atoms with Crippen LogP contribution in [0.4, 0.5) is 0 Å². The molecule has 1 aromatic rings. The van der Waals surface area contributed by atoms with E-state index >= 15 is 0 Å². The van der Waals surface area contributed by atoms with Gasteiger partial charge in [-0.25, -0.2) is 0 Å². The SMILES string of the molecule is Cc1ccc(C(=O)C(C)S(C)=O)cc1C. The van der Waals surface area contributed by atoms with E-state index in [2.05, 4.69) is 0 Å². The molecule has 0 aliphatic heterocycles. The molecule has 0 N–H and O–H groups in total. The van der Waals surface area contributed by atoms with Gasteiger partial charge < -0.3 is 0 Å². The van der Waals surface area contributed by atoms with Gasteiger partial charge in [-0.1, -0.05) is 12.1 Å². The Morgan fingerprint density at radius 3 is 2.33 bits per heavy atom. The summed E-state index contributed by atoms with van der Waals surface area (Å²) in [6, 6.07) is 5.59. The van der Waals surface area contributed by atoms with Gasteiger partial charge in [-0.3, -0.25) is 9.00 Å². The maximum absolute atomic E-state index is 11.9. The third kappa shape index (κ3) is 2.75. The second kappa shape index (κ2) is 4.71. The van der Waals surface area contributed by atoms with Crippen LogP contribution in [-0.4, -0.2) is 21.5 Å². The van der Waals surface area contributed by atoms with E-state index < -0.39 is 16.0 Å². The zero-order chi connectivity index (χ0) is 11.6. The number of Topliss-reactive ketones (excluding diaryl/α,β-unsaturated/α-hetero) is 1. The highest BCUT2D eigenvalue weighted by molar-refractivity contribution is 7.85. The Morgan fingerprint density at radius 1 is 1.27 bits per heavy atom. The lowest BCUT2D eigenvalue weighted by atomic mass is 10.0. The van der Waals surface area contributed by atoms with Crippen molar-refractivity contribution >= 4 is 16.6 Å². The van der Waals surface area contributed by atoms with E-state index in [0.717, 1.165) is 11.1 Å². The van der Waals surface area contributed by atoms with Crippen LogP contribution >= 0.6 is 0 Å². The number of rotatable bonds is 3. The molecule has 0 fully saturated rings. The minimum atomic E-state index is -1.10. The standard InChI is InChI=1S/C12H16O2S/c1-8-5-6-11(7-9(8)2)12(13)10(3)15(4)14/h5-7,10H,1-4H3. The van der Waals surface area contributed by atoms with Gasteiger partial charge in [0, 0.05) is 22.6 Å². The Balaban J connectivity index is 3.02. The van der Waals surface area contributed by atoms with E-state index in [4.69, 9.17) is 0 Å². The van der Waals surface area contributed by atoms with Crippen LogP contribution in [-0.2, 0) is 10.8 Å². The molecule has 0 aliphatic rings. The first-order chi connectivity index (χ1) is 6.93. The summed E-state index contributed by atoms with van der Waals surface area (Å²) in [7, 11) is -1.10. The van der Waals surface area contributed by atoms with Gasteiger partial charge in [0.2, 0.25) is 0 Å². The van der Waals surface area contributed by atoms with Gasteiger partial charge in [0.25, 0.3) is 0 Å². The second-order valence-corrected chi connectivity index (χ2v) is 5.51. The Morgan fingerprint density at radius 2 is 1.87 bits per heavy atom. The highest BCUT2D eigenvalue weighted by Gasteiger charge is 2.18. The topological polar surface area (TPSA) is 34.1 Å². The predicted octanol–water partition coefficient (Wildman–Crippen LogP) is 2.25. The highest BCUT2D eigenvalue weighted by atomic mass is 32.2. The Kier molecular flexibility index (Phi) is 3.80. The molecule has 0 bridgehead atoms. The van der Waals surface area contributed by atoms with Crippen LogP contribution in [0.5, 0.6) is 0 Å². The van der Waals surface area contributed by atoms with Crippen molar-refractivity contribution in [3.63, 3.8) is 0 Å². The lowest BCUT2D eigenvalue weighted by Crippen LogP contribution is -2.21. The minimum absolute atomic E-state index is 0.0427. The summed E-state index contributed by atoms with van der Waals surface area (Å²) in [6.45, 7) is 5.68. The zero-order valence-corrected chi connectivity index (χ0v) is 10.4. The molecule has 0 spiro atoms. The summed E-state index contributed by atoms with van der Waals surface area (Å²) in [5.41, 5.74) is 2.91. The monoisotopic (exact) mass is 224 g/mol. The van der Waals surface area contributed by atoms with Gasteiger partial charge in [0.1, 0.15) is 0 Å². The van der Waals surface area contributed by atoms with Crippen LogP contribution in [0, 0.1) is 13.8 Å². The number of benzene rings is 1. The Labute approximate surface area is 93.2 Å². The average Bonchev–Trinajstić information content (AvgIpc) is 2.19. The minimum Gasteiger partial charge on any atom is -0.293 e. The molecule has 0 heterocycles. The summed E-state index contributed by atoms with van der Waals surface area (Å²) in [6.07, 6.45) is 1.56. The summed E-state index contributed by atoms with van der Waals surface area (Å²) >= 11 is 0. The molecule has 0 aliphatic carbocycles. The molecule has 1 aromatic carbocycles. The molecular formula is C12H16O2S. The maximum Gasteiger partial charge on any atom is 0.178 e.